The molecular weight excluding hydrogens is 460 g/mol. The summed E-state index contributed by atoms with van der Waals surface area (Å²) in [5, 5.41) is 50.2. The van der Waals surface area contributed by atoms with Crippen LogP contribution in [0.1, 0.15) is 33.7 Å². The molecule has 35 heavy (non-hydrogen) atoms. The zero-order chi connectivity index (χ0) is 24.9. The minimum Gasteiger partial charge on any atom is -0.508 e. The average Bonchev–Trinajstić information content (AvgIpc) is 2.85. The van der Waals surface area contributed by atoms with Crippen LogP contribution in [0.2, 0.25) is 0 Å². The molecule has 182 valence electrons. The molecule has 0 saturated carbocycles. The minimum atomic E-state index is -1.62. The van der Waals surface area contributed by atoms with Crippen molar-refractivity contribution in [2.24, 2.45) is 0 Å². The van der Waals surface area contributed by atoms with Crippen molar-refractivity contribution in [1.29, 1.82) is 0 Å². The lowest BCUT2D eigenvalue weighted by molar-refractivity contribution is -0.0130. The summed E-state index contributed by atoms with van der Waals surface area (Å²) in [4.78, 5) is 12.7. The third kappa shape index (κ3) is 3.82. The number of aromatic hydroxyl groups is 3. The van der Waals surface area contributed by atoms with Crippen molar-refractivity contribution in [1.82, 2.24) is 0 Å². The van der Waals surface area contributed by atoms with Gasteiger partial charge in [0.05, 0.1) is 13.7 Å². The second-order valence-electron chi connectivity index (χ2n) is 8.20. The molecule has 4 atom stereocenters. The molecule has 10 nitrogen and oxygen atoms in total. The van der Waals surface area contributed by atoms with Crippen molar-refractivity contribution >= 4 is 5.78 Å². The zero-order valence-corrected chi connectivity index (χ0v) is 18.4. The molecule has 0 bridgehead atoms. The average molecular weight is 482 g/mol. The first kappa shape index (κ1) is 22.6. The van der Waals surface area contributed by atoms with E-state index in [-0.39, 0.29) is 40.9 Å². The molecular formula is C25H22O10. The summed E-state index contributed by atoms with van der Waals surface area (Å²) in [5.74, 6) is -0.823. The maximum absolute atomic E-state index is 12.7. The Morgan fingerprint density at radius 2 is 1.54 bits per heavy atom. The maximum Gasteiger partial charge on any atom is 0.202 e. The number of phenolic OH excluding ortho intramolecular Hbond substituents is 3. The zero-order valence-electron chi connectivity index (χ0n) is 18.4. The van der Waals surface area contributed by atoms with E-state index in [1.54, 1.807) is 30.3 Å². The third-order valence-corrected chi connectivity index (χ3v) is 6.00. The molecule has 10 heteroatoms. The molecule has 0 fully saturated rings. The highest BCUT2D eigenvalue weighted by Crippen LogP contribution is 2.45. The van der Waals surface area contributed by atoms with Crippen molar-refractivity contribution < 1.29 is 49.3 Å². The molecule has 5 rings (SSSR count). The normalized spacial score (nSPS) is 22.8. The van der Waals surface area contributed by atoms with E-state index in [1.807, 2.05) is 0 Å². The van der Waals surface area contributed by atoms with Crippen molar-refractivity contribution in [3.63, 3.8) is 0 Å². The first-order valence-electron chi connectivity index (χ1n) is 10.7. The Balaban J connectivity index is 1.49. The molecule has 5 N–H and O–H groups in total. The van der Waals surface area contributed by atoms with E-state index in [0.29, 0.717) is 16.9 Å². The summed E-state index contributed by atoms with van der Waals surface area (Å²) >= 11 is 0. The van der Waals surface area contributed by atoms with Crippen LogP contribution in [0, 0.1) is 0 Å². The molecule has 0 spiro atoms. The van der Waals surface area contributed by atoms with Crippen LogP contribution in [0.4, 0.5) is 0 Å². The fourth-order valence-electron chi connectivity index (χ4n) is 4.28. The number of methoxy groups -OCH3 is 1. The molecule has 0 aromatic heterocycles. The summed E-state index contributed by atoms with van der Waals surface area (Å²) in [6.07, 6.45) is -4.28. The largest absolute Gasteiger partial charge is 0.508 e. The van der Waals surface area contributed by atoms with Gasteiger partial charge >= 0.3 is 0 Å². The van der Waals surface area contributed by atoms with Crippen molar-refractivity contribution in [2.75, 3.05) is 13.7 Å². The minimum absolute atomic E-state index is 0.0540. The molecule has 0 amide bonds. The second kappa shape index (κ2) is 8.57. The lowest BCUT2D eigenvalue weighted by atomic mass is 9.92. The van der Waals surface area contributed by atoms with Gasteiger partial charge in [-0.15, -0.1) is 0 Å². The van der Waals surface area contributed by atoms with Gasteiger partial charge in [0.15, 0.2) is 47.4 Å². The van der Waals surface area contributed by atoms with E-state index < -0.39 is 35.9 Å². The Kier molecular flexibility index (Phi) is 5.54. The summed E-state index contributed by atoms with van der Waals surface area (Å²) < 4.78 is 23.0. The van der Waals surface area contributed by atoms with Crippen molar-refractivity contribution in [3.05, 3.63) is 65.2 Å². The molecule has 1 unspecified atom stereocenters. The van der Waals surface area contributed by atoms with E-state index in [1.165, 1.54) is 19.2 Å². The van der Waals surface area contributed by atoms with Gasteiger partial charge in [-0.2, -0.15) is 0 Å². The van der Waals surface area contributed by atoms with E-state index in [4.69, 9.17) is 18.9 Å². The lowest BCUT2D eigenvalue weighted by Crippen LogP contribution is -2.37. The van der Waals surface area contributed by atoms with Gasteiger partial charge in [-0.3, -0.25) is 4.79 Å². The first-order chi connectivity index (χ1) is 16.8. The van der Waals surface area contributed by atoms with Gasteiger partial charge in [0.2, 0.25) is 5.78 Å². The quantitative estimate of drug-likeness (QED) is 0.374. The number of rotatable bonds is 4. The van der Waals surface area contributed by atoms with Crippen molar-refractivity contribution in [2.45, 2.75) is 24.4 Å². The van der Waals surface area contributed by atoms with E-state index in [0.717, 1.165) is 6.07 Å². The molecule has 3 aromatic rings. The summed E-state index contributed by atoms with van der Waals surface area (Å²) in [6, 6.07) is 11.5. The van der Waals surface area contributed by atoms with Gasteiger partial charge in [0.25, 0.3) is 0 Å². The molecule has 0 radical (unpaired) electrons. The van der Waals surface area contributed by atoms with Gasteiger partial charge in [0, 0.05) is 17.7 Å². The van der Waals surface area contributed by atoms with E-state index in [9.17, 15) is 30.3 Å². The third-order valence-electron chi connectivity index (χ3n) is 6.00. The van der Waals surface area contributed by atoms with Gasteiger partial charge < -0.3 is 44.5 Å². The van der Waals surface area contributed by atoms with Crippen LogP contribution in [0.15, 0.2) is 48.5 Å². The van der Waals surface area contributed by atoms with Crippen LogP contribution < -0.4 is 18.9 Å². The topological polar surface area (TPSA) is 155 Å². The predicted octanol–water partition coefficient (Wildman–Crippen LogP) is 2.36. The monoisotopic (exact) mass is 482 g/mol. The Morgan fingerprint density at radius 1 is 0.829 bits per heavy atom. The molecule has 2 heterocycles. The summed E-state index contributed by atoms with van der Waals surface area (Å²) in [7, 11) is 1.41. The van der Waals surface area contributed by atoms with Crippen molar-refractivity contribution in [3.8, 4) is 40.2 Å². The fraction of sp³-hybridized carbons (Fsp3) is 0.240. The smallest absolute Gasteiger partial charge is 0.202 e. The van der Waals surface area contributed by atoms with E-state index >= 15 is 0 Å². The highest BCUT2D eigenvalue weighted by molar-refractivity contribution is 6.05. The standard InChI is InChI=1S/C25H22O10/c1-32-17-6-11(2-4-14(17)28)24-20(10-26)33-16-5-3-12(7-18(16)34-24)25-23(31)22(30)21-15(29)8-13(27)9-19(21)35-25/h2-9,20,23-29,31H,10H2,1H3/t20-,23+,24?,25-/m1/s1. The molecule has 2 aliphatic heterocycles. The van der Waals surface area contributed by atoms with Crippen LogP contribution in [-0.4, -0.2) is 57.2 Å². The van der Waals surface area contributed by atoms with E-state index in [2.05, 4.69) is 0 Å². The lowest BCUT2D eigenvalue weighted by Gasteiger charge is -2.35. The SMILES string of the molecule is COc1cc(C2Oc3cc([C@H]4Oc5cc(O)cc(O)c5C(=O)[C@@H]4O)ccc3O[C@@H]2CO)ccc1O. The maximum atomic E-state index is 12.7. The number of carbonyl (C=O) groups is 1. The van der Waals surface area contributed by atoms with Crippen LogP contribution in [0.3, 0.4) is 0 Å². The molecule has 0 saturated heterocycles. The number of hydrogen-bond donors (Lipinski definition) is 5. The number of benzene rings is 3. The summed E-state index contributed by atoms with van der Waals surface area (Å²) in [5.41, 5.74) is 0.751. The van der Waals surface area contributed by atoms with Crippen LogP contribution in [-0.2, 0) is 0 Å². The number of aliphatic hydroxyl groups is 2. The Bertz CT molecular complexity index is 1300. The predicted molar refractivity (Wildman–Crippen MR) is 119 cm³/mol. The highest BCUT2D eigenvalue weighted by Gasteiger charge is 2.40. The molecule has 2 aliphatic rings. The molecule has 3 aromatic carbocycles. The Morgan fingerprint density at radius 3 is 2.29 bits per heavy atom. The second-order valence-corrected chi connectivity index (χ2v) is 8.20. The van der Waals surface area contributed by atoms with Gasteiger partial charge in [-0.05, 0) is 29.8 Å². The van der Waals surface area contributed by atoms with Crippen LogP contribution in [0.5, 0.6) is 40.2 Å². The number of hydrogen-bond acceptors (Lipinski definition) is 10. The summed E-state index contributed by atoms with van der Waals surface area (Å²) in [6.45, 7) is -0.349. The van der Waals surface area contributed by atoms with Crippen LogP contribution in [0.25, 0.3) is 0 Å². The number of fused-ring (bicyclic) bond motifs is 2. The number of carbonyl (C=O) groups excluding carboxylic acids is 1. The van der Waals surface area contributed by atoms with Gasteiger partial charge in [-0.25, -0.2) is 0 Å². The molecule has 0 aliphatic carbocycles. The number of aliphatic hydroxyl groups excluding tert-OH is 2. The number of Topliss-reactive ketones (excluding diaryl/α,β-unsaturated/α-hetero) is 1. The van der Waals surface area contributed by atoms with Gasteiger partial charge in [0.1, 0.15) is 22.8 Å². The number of ketones is 1. The Hall–Kier alpha value is -4.15. The first-order valence-corrected chi connectivity index (χ1v) is 10.7. The highest BCUT2D eigenvalue weighted by atomic mass is 16.6. The van der Waals surface area contributed by atoms with Crippen LogP contribution >= 0.6 is 0 Å². The number of phenols is 3. The van der Waals surface area contributed by atoms with Gasteiger partial charge in [-0.1, -0.05) is 12.1 Å². The Labute approximate surface area is 199 Å². The fourth-order valence-corrected chi connectivity index (χ4v) is 4.28. The number of ether oxygens (including phenoxy) is 4.